The average molecular weight is 508 g/mol. The summed E-state index contributed by atoms with van der Waals surface area (Å²) in [6.07, 6.45) is 0. The van der Waals surface area contributed by atoms with Crippen LogP contribution in [0.3, 0.4) is 0 Å². The molecule has 0 aliphatic carbocycles. The van der Waals surface area contributed by atoms with Crippen molar-refractivity contribution in [1.82, 2.24) is 0 Å². The molecule has 3 aromatic rings. The number of carbonyl (C=O) groups is 2. The molecular formula is C23H12Na4O8. The Morgan fingerprint density at radius 3 is 2.09 bits per heavy atom. The van der Waals surface area contributed by atoms with E-state index in [9.17, 15) is 30.2 Å². The van der Waals surface area contributed by atoms with Crippen molar-refractivity contribution in [2.24, 2.45) is 0 Å². The summed E-state index contributed by atoms with van der Waals surface area (Å²) < 4.78 is 5.83. The van der Waals surface area contributed by atoms with Crippen molar-refractivity contribution in [3.8, 4) is 17.2 Å². The summed E-state index contributed by atoms with van der Waals surface area (Å²) in [6, 6.07) is 11.1. The SMILES string of the molecule is C=c1ccc2c(c1)Oc1cc([O-])ccc1C=2c1cc(CO[O-])c(C(=O)[O-])cc1C(=O)[O-].[Na+].[Na+].[Na+].[Na+]. The second-order valence-electron chi connectivity index (χ2n) is 6.86. The zero-order chi connectivity index (χ0) is 22.3. The Hall–Kier alpha value is -0.140. The molecule has 1 aliphatic rings. The van der Waals surface area contributed by atoms with Crippen molar-refractivity contribution in [3.63, 3.8) is 0 Å². The summed E-state index contributed by atoms with van der Waals surface area (Å²) >= 11 is 0. The Bertz CT molecular complexity index is 1370. The third kappa shape index (κ3) is 7.25. The normalized spacial score (nSPS) is 10.6. The number of aromatic carboxylic acids is 2. The monoisotopic (exact) mass is 508 g/mol. The van der Waals surface area contributed by atoms with Gasteiger partial charge in [0.15, 0.2) is 0 Å². The molecule has 0 atom stereocenters. The molecule has 0 unspecified atom stereocenters. The van der Waals surface area contributed by atoms with Gasteiger partial charge in [-0.25, -0.2) is 0 Å². The van der Waals surface area contributed by atoms with E-state index in [0.29, 0.717) is 27.3 Å². The Morgan fingerprint density at radius 2 is 1.49 bits per heavy atom. The van der Waals surface area contributed by atoms with Crippen LogP contribution in [0.1, 0.15) is 37.4 Å². The molecule has 1 heterocycles. The van der Waals surface area contributed by atoms with Crippen molar-refractivity contribution in [1.29, 1.82) is 0 Å². The van der Waals surface area contributed by atoms with E-state index in [0.717, 1.165) is 6.07 Å². The van der Waals surface area contributed by atoms with E-state index < -0.39 is 29.7 Å². The first-order valence-corrected chi connectivity index (χ1v) is 8.97. The van der Waals surface area contributed by atoms with E-state index in [2.05, 4.69) is 11.5 Å². The predicted octanol–water partition coefficient (Wildman–Crippen LogP) is -13.9. The van der Waals surface area contributed by atoms with E-state index in [-0.39, 0.29) is 141 Å². The van der Waals surface area contributed by atoms with Gasteiger partial charge in [-0.1, -0.05) is 30.8 Å². The number of hydrogen-bond acceptors (Lipinski definition) is 8. The topological polar surface area (TPSA) is 145 Å². The molecule has 0 saturated carbocycles. The molecule has 0 bridgehead atoms. The first-order chi connectivity index (χ1) is 14.8. The van der Waals surface area contributed by atoms with Gasteiger partial charge in [-0.3, -0.25) is 0 Å². The van der Waals surface area contributed by atoms with Gasteiger partial charge in [0.2, 0.25) is 0 Å². The Balaban J connectivity index is 0.00000289. The van der Waals surface area contributed by atoms with Crippen LogP contribution < -0.4 is 154 Å². The molecule has 8 nitrogen and oxygen atoms in total. The summed E-state index contributed by atoms with van der Waals surface area (Å²) in [4.78, 5) is 27.2. The summed E-state index contributed by atoms with van der Waals surface area (Å²) in [6.45, 7) is 3.20. The van der Waals surface area contributed by atoms with Gasteiger partial charge in [0.25, 0.3) is 0 Å². The van der Waals surface area contributed by atoms with Crippen LogP contribution in [0.25, 0.3) is 12.2 Å². The van der Waals surface area contributed by atoms with Crippen LogP contribution in [-0.2, 0) is 11.5 Å². The molecule has 0 amide bonds. The molecule has 0 fully saturated rings. The van der Waals surface area contributed by atoms with Gasteiger partial charge in [0.05, 0.1) is 18.5 Å². The van der Waals surface area contributed by atoms with Crippen LogP contribution in [0.4, 0.5) is 0 Å². The molecule has 156 valence electrons. The summed E-state index contributed by atoms with van der Waals surface area (Å²) in [5.74, 6) is -3.11. The number of benzene rings is 3. The van der Waals surface area contributed by atoms with Crippen LogP contribution in [-0.4, -0.2) is 11.9 Å². The third-order valence-corrected chi connectivity index (χ3v) is 4.92. The molecule has 0 N–H and O–H groups in total. The van der Waals surface area contributed by atoms with Crippen LogP contribution in [0.15, 0.2) is 48.5 Å². The van der Waals surface area contributed by atoms with E-state index >= 15 is 0 Å². The molecule has 0 saturated heterocycles. The fourth-order valence-corrected chi connectivity index (χ4v) is 3.60. The average Bonchev–Trinajstić information content (AvgIpc) is 2.71. The molecule has 12 heteroatoms. The number of rotatable bonds is 5. The molecule has 0 aromatic heterocycles. The zero-order valence-electron chi connectivity index (χ0n) is 19.8. The zero-order valence-corrected chi connectivity index (χ0v) is 27.8. The molecule has 3 aromatic carbocycles. The number of hydrogen-bond donors (Lipinski definition) is 0. The van der Waals surface area contributed by atoms with E-state index in [1.165, 1.54) is 24.3 Å². The molecule has 0 spiro atoms. The fourth-order valence-electron chi connectivity index (χ4n) is 3.60. The molecule has 35 heavy (non-hydrogen) atoms. The molecular weight excluding hydrogens is 496 g/mol. The number of fused-ring (bicyclic) bond motifs is 2. The van der Waals surface area contributed by atoms with Gasteiger partial charge in [-0.2, -0.15) is 0 Å². The van der Waals surface area contributed by atoms with Gasteiger partial charge >= 0.3 is 118 Å². The largest absolute Gasteiger partial charge is 1.00 e. The molecule has 0 radical (unpaired) electrons. The second kappa shape index (κ2) is 14.7. The quantitative estimate of drug-likeness (QED) is 0.147. The van der Waals surface area contributed by atoms with Crippen LogP contribution in [0.5, 0.6) is 17.2 Å². The van der Waals surface area contributed by atoms with E-state index in [4.69, 9.17) is 4.74 Å². The van der Waals surface area contributed by atoms with Crippen LogP contribution in [0.2, 0.25) is 0 Å². The Morgan fingerprint density at radius 1 is 0.829 bits per heavy atom. The fraction of sp³-hybridized carbons (Fsp3) is 0.0435. The Kier molecular flexibility index (Phi) is 14.6. The van der Waals surface area contributed by atoms with E-state index in [1.807, 2.05) is 0 Å². The van der Waals surface area contributed by atoms with Gasteiger partial charge in [-0.15, -0.1) is 5.75 Å². The number of carboxylic acid groups (broad SMARTS) is 2. The molecule has 1 aliphatic heterocycles. The minimum atomic E-state index is -1.67. The number of carbonyl (C=O) groups excluding carboxylic acids is 2. The number of ether oxygens (including phenoxy) is 1. The van der Waals surface area contributed by atoms with Crippen molar-refractivity contribution in [2.45, 2.75) is 6.61 Å². The molecule has 4 rings (SSSR count). The van der Waals surface area contributed by atoms with Crippen LogP contribution >= 0.6 is 0 Å². The smallest absolute Gasteiger partial charge is 0.872 e. The van der Waals surface area contributed by atoms with Crippen molar-refractivity contribution >= 4 is 24.1 Å². The van der Waals surface area contributed by atoms with Gasteiger partial charge in [0.1, 0.15) is 11.5 Å². The van der Waals surface area contributed by atoms with Gasteiger partial charge < -0.3 is 39.8 Å². The number of carboxylic acids is 2. The second-order valence-corrected chi connectivity index (χ2v) is 6.86. The minimum absolute atomic E-state index is 0. The predicted molar refractivity (Wildman–Crippen MR) is 98.7 cm³/mol. The first kappa shape index (κ1) is 34.9. The van der Waals surface area contributed by atoms with Crippen LogP contribution in [0, 0.1) is 0 Å². The summed E-state index contributed by atoms with van der Waals surface area (Å²) in [7, 11) is 0. The summed E-state index contributed by atoms with van der Waals surface area (Å²) in [5.41, 5.74) is -0.193. The maximum Gasteiger partial charge on any atom is 1.00 e. The van der Waals surface area contributed by atoms with Gasteiger partial charge in [-0.05, 0) is 40.6 Å². The van der Waals surface area contributed by atoms with Crippen molar-refractivity contribution in [2.75, 3.05) is 0 Å². The maximum atomic E-state index is 11.9. The minimum Gasteiger partial charge on any atom is -0.872 e. The third-order valence-electron chi connectivity index (χ3n) is 4.92. The van der Waals surface area contributed by atoms with Gasteiger partial charge in [0, 0.05) is 27.5 Å². The standard InChI is InChI=1S/C23H16O8.4Na/c1-11-2-4-14-19(6-11)31-20-8-13(24)3-5-15(20)21(14)17-7-12(10-30-29)16(22(25)26)9-18(17)23(27)28;;;;/h2-9,24,29H,1,10H2,(H,25,26)(H,27,28);;;;/q;4*+1/p-4. The maximum absolute atomic E-state index is 11.9. The first-order valence-electron chi connectivity index (χ1n) is 8.97. The van der Waals surface area contributed by atoms with E-state index in [1.54, 1.807) is 18.2 Å². The Labute approximate surface area is 288 Å². The summed E-state index contributed by atoms with van der Waals surface area (Å²) in [5, 5.41) is 47.1. The van der Waals surface area contributed by atoms with Crippen molar-refractivity contribution < 1.29 is 158 Å². The van der Waals surface area contributed by atoms with Crippen molar-refractivity contribution in [3.05, 3.63) is 86.8 Å².